The van der Waals surface area contributed by atoms with Crippen LogP contribution in [0.2, 0.25) is 0 Å². The molecule has 0 atom stereocenters. The number of unbranched alkanes of at least 4 members (excludes halogenated alkanes) is 1. The summed E-state index contributed by atoms with van der Waals surface area (Å²) in [5.74, 6) is 0. The minimum Gasteiger partial charge on any atom is -0.325 e. The first kappa shape index (κ1) is 14.9. The first-order chi connectivity index (χ1) is 7.28. The highest BCUT2D eigenvalue weighted by Crippen LogP contribution is 2.05. The van der Waals surface area contributed by atoms with Crippen molar-refractivity contribution in [2.75, 3.05) is 13.1 Å². The molecule has 0 aliphatic heterocycles. The second kappa shape index (κ2) is 10.4. The van der Waals surface area contributed by atoms with Gasteiger partial charge in [-0.3, -0.25) is 0 Å². The summed E-state index contributed by atoms with van der Waals surface area (Å²) in [6.45, 7) is 11.8. The third-order valence-electron chi connectivity index (χ3n) is 2.74. The molecule has 0 N–H and O–H groups in total. The average molecular weight is 227 g/mol. The first-order valence-electron chi connectivity index (χ1n) is 6.68. The van der Waals surface area contributed by atoms with Crippen LogP contribution in [0.3, 0.4) is 0 Å². The average Bonchev–Trinajstić information content (AvgIpc) is 2.25. The van der Waals surface area contributed by atoms with Crippen molar-refractivity contribution < 1.29 is 0 Å². The summed E-state index contributed by atoms with van der Waals surface area (Å²) in [4.78, 5) is 0. The molecule has 0 fully saturated rings. The molecule has 2 heteroatoms. The molecule has 0 aliphatic carbocycles. The number of hydrogen-bond acceptors (Lipinski definition) is 1. The maximum atomic E-state index is 2.74. The van der Waals surface area contributed by atoms with Gasteiger partial charge in [0.2, 0.25) is 0 Å². The zero-order chi connectivity index (χ0) is 11.5. The Bertz CT molecular complexity index is 166. The van der Waals surface area contributed by atoms with E-state index in [1.165, 1.54) is 45.2 Å². The summed E-state index contributed by atoms with van der Waals surface area (Å²) in [6.07, 6.45) is 8.95. The largest absolute Gasteiger partial charge is 0.325 e. The van der Waals surface area contributed by atoms with E-state index in [1.54, 1.807) is 5.20 Å². The summed E-state index contributed by atoms with van der Waals surface area (Å²) >= 11 is 0. The first-order valence-corrected chi connectivity index (χ1v) is 8.02. The molecule has 0 aliphatic rings. The molecule has 1 nitrogen and oxygen atoms in total. The van der Waals surface area contributed by atoms with Crippen molar-refractivity contribution in [1.82, 2.24) is 4.57 Å². The molecule has 0 unspecified atom stereocenters. The van der Waals surface area contributed by atoms with E-state index < -0.39 is 0 Å². The van der Waals surface area contributed by atoms with Gasteiger partial charge in [0.05, 0.1) is 0 Å². The van der Waals surface area contributed by atoms with Crippen LogP contribution in [0.25, 0.3) is 0 Å². The van der Waals surface area contributed by atoms with E-state index in [1.807, 2.05) is 0 Å². The van der Waals surface area contributed by atoms with Crippen LogP contribution in [0.15, 0.2) is 11.3 Å². The smallest absolute Gasteiger partial charge is 0.122 e. The lowest BCUT2D eigenvalue weighted by molar-refractivity contribution is 0.431. The summed E-state index contributed by atoms with van der Waals surface area (Å²) < 4.78 is 2.74. The van der Waals surface area contributed by atoms with E-state index in [4.69, 9.17) is 0 Å². The van der Waals surface area contributed by atoms with Crippen LogP contribution in [0.5, 0.6) is 0 Å². The minimum absolute atomic E-state index is 0.109. The van der Waals surface area contributed by atoms with Gasteiger partial charge in [0, 0.05) is 0 Å². The van der Waals surface area contributed by atoms with Crippen LogP contribution >= 0.6 is 0 Å². The Labute approximate surface area is 98.8 Å². The maximum absolute atomic E-state index is 2.74. The van der Waals surface area contributed by atoms with Gasteiger partial charge in [-0.25, -0.2) is 0 Å². The monoisotopic (exact) mass is 227 g/mol. The standard InChI is InChI=1S/C13H29NSi/c1-5-9-12-14(11-7-3)15-13(8-4)10-6-2/h10H,5-9,11-12,15H2,1-4H3. The van der Waals surface area contributed by atoms with Gasteiger partial charge in [0.25, 0.3) is 0 Å². The highest BCUT2D eigenvalue weighted by Gasteiger charge is 2.05. The molecule has 15 heavy (non-hydrogen) atoms. The summed E-state index contributed by atoms with van der Waals surface area (Å²) in [5.41, 5.74) is 0. The Balaban J connectivity index is 4.05. The van der Waals surface area contributed by atoms with Crippen molar-refractivity contribution in [1.29, 1.82) is 0 Å². The molecule has 0 saturated heterocycles. The lowest BCUT2D eigenvalue weighted by Gasteiger charge is -2.22. The second-order valence-electron chi connectivity index (χ2n) is 4.25. The predicted molar refractivity (Wildman–Crippen MR) is 74.0 cm³/mol. The van der Waals surface area contributed by atoms with Gasteiger partial charge in [0.15, 0.2) is 0 Å². The van der Waals surface area contributed by atoms with E-state index >= 15 is 0 Å². The Morgan fingerprint density at radius 2 is 1.80 bits per heavy atom. The van der Waals surface area contributed by atoms with Gasteiger partial charge in [-0.15, -0.1) is 0 Å². The van der Waals surface area contributed by atoms with Crippen molar-refractivity contribution in [3.63, 3.8) is 0 Å². The van der Waals surface area contributed by atoms with Gasteiger partial charge in [0.1, 0.15) is 9.68 Å². The fourth-order valence-electron chi connectivity index (χ4n) is 1.86. The molecule has 0 aromatic heterocycles. The minimum atomic E-state index is -0.109. The fraction of sp³-hybridized carbons (Fsp3) is 0.846. The van der Waals surface area contributed by atoms with E-state index in [0.717, 1.165) is 0 Å². The molecule has 90 valence electrons. The number of hydrogen-bond donors (Lipinski definition) is 0. The molecule has 0 saturated carbocycles. The highest BCUT2D eigenvalue weighted by atomic mass is 28.2. The van der Waals surface area contributed by atoms with Crippen LogP contribution < -0.4 is 0 Å². The molecule has 0 heterocycles. The van der Waals surface area contributed by atoms with Crippen LogP contribution in [-0.2, 0) is 0 Å². The maximum Gasteiger partial charge on any atom is 0.122 e. The van der Waals surface area contributed by atoms with Gasteiger partial charge >= 0.3 is 0 Å². The number of rotatable bonds is 9. The second-order valence-corrected chi connectivity index (χ2v) is 6.37. The van der Waals surface area contributed by atoms with Crippen molar-refractivity contribution in [3.8, 4) is 0 Å². The molecule has 0 spiro atoms. The summed E-state index contributed by atoms with van der Waals surface area (Å²) in [7, 11) is -0.109. The third kappa shape index (κ3) is 7.80. The summed E-state index contributed by atoms with van der Waals surface area (Å²) in [6, 6.07) is 0. The zero-order valence-electron chi connectivity index (χ0n) is 11.2. The molecule has 0 rings (SSSR count). The van der Waals surface area contributed by atoms with Crippen LogP contribution in [-0.4, -0.2) is 27.3 Å². The van der Waals surface area contributed by atoms with Gasteiger partial charge in [-0.05, 0) is 38.8 Å². The van der Waals surface area contributed by atoms with Crippen molar-refractivity contribution >= 4 is 9.68 Å². The molecular formula is C13H29NSi. The Morgan fingerprint density at radius 3 is 2.27 bits per heavy atom. The summed E-state index contributed by atoms with van der Waals surface area (Å²) in [5, 5.41) is 1.75. The Kier molecular flexibility index (Phi) is 10.4. The molecule has 0 aromatic carbocycles. The Hall–Kier alpha value is -0.0831. The quantitative estimate of drug-likeness (QED) is 0.546. The molecule has 0 amide bonds. The zero-order valence-corrected chi connectivity index (χ0v) is 12.6. The molecular weight excluding hydrogens is 198 g/mol. The normalized spacial score (nSPS) is 13.3. The lowest BCUT2D eigenvalue weighted by atomic mass is 10.3. The number of allylic oxidation sites excluding steroid dienone is 2. The van der Waals surface area contributed by atoms with Crippen LogP contribution in [0.1, 0.15) is 59.8 Å². The Morgan fingerprint density at radius 1 is 1.07 bits per heavy atom. The number of nitrogens with zero attached hydrogens (tertiary/aromatic N) is 1. The van der Waals surface area contributed by atoms with E-state index in [0.29, 0.717) is 0 Å². The van der Waals surface area contributed by atoms with Gasteiger partial charge in [-0.2, -0.15) is 0 Å². The third-order valence-corrected chi connectivity index (χ3v) is 5.02. The lowest BCUT2D eigenvalue weighted by Crippen LogP contribution is -2.31. The fourth-order valence-corrected chi connectivity index (χ4v) is 3.94. The van der Waals surface area contributed by atoms with Crippen LogP contribution in [0, 0.1) is 0 Å². The molecule has 0 bridgehead atoms. The van der Waals surface area contributed by atoms with Crippen LogP contribution in [0.4, 0.5) is 0 Å². The van der Waals surface area contributed by atoms with Crippen molar-refractivity contribution in [2.45, 2.75) is 59.8 Å². The highest BCUT2D eigenvalue weighted by molar-refractivity contribution is 6.42. The van der Waals surface area contributed by atoms with E-state index in [-0.39, 0.29) is 9.68 Å². The van der Waals surface area contributed by atoms with Gasteiger partial charge in [-0.1, -0.05) is 45.4 Å². The van der Waals surface area contributed by atoms with E-state index in [2.05, 4.69) is 38.3 Å². The van der Waals surface area contributed by atoms with Crippen molar-refractivity contribution in [2.24, 2.45) is 0 Å². The van der Waals surface area contributed by atoms with E-state index in [9.17, 15) is 0 Å². The predicted octanol–water partition coefficient (Wildman–Crippen LogP) is 3.29. The molecule has 0 aromatic rings. The SMILES string of the molecule is CCC=C(CC)[SiH2]N(CCC)CCCC. The topological polar surface area (TPSA) is 3.24 Å². The van der Waals surface area contributed by atoms with Gasteiger partial charge < -0.3 is 4.57 Å². The molecule has 0 radical (unpaired) electrons. The van der Waals surface area contributed by atoms with Crippen molar-refractivity contribution in [3.05, 3.63) is 11.3 Å².